The molecule has 1 saturated carbocycles. The van der Waals surface area contributed by atoms with E-state index in [9.17, 15) is 9.59 Å². The number of hydrogen-bond donors (Lipinski definition) is 1. The summed E-state index contributed by atoms with van der Waals surface area (Å²) in [5, 5.41) is 0. The van der Waals surface area contributed by atoms with Crippen molar-refractivity contribution in [1.29, 1.82) is 0 Å². The van der Waals surface area contributed by atoms with Crippen molar-refractivity contribution in [1.82, 2.24) is 14.8 Å². The number of H-pyrrole nitrogens is 1. The number of hydrogen-bond acceptors (Lipinski definition) is 2. The highest BCUT2D eigenvalue weighted by Gasteiger charge is 2.51. The standard InChI is InChI=1S/C22H25N3O2/c26-21(16-8-4-9-16)25-13-17-12-24(22(27)19-10-5-11-23-19)14-18(17)20(25)15-6-2-1-3-7-15/h1-3,5-7,10-11,16-18,20,23H,4,8-9,12-14H2/t17-,18-,20+/m0/s1. The quantitative estimate of drug-likeness (QED) is 0.911. The molecule has 140 valence electrons. The molecule has 5 heteroatoms. The third-order valence-corrected chi connectivity index (χ3v) is 6.66. The van der Waals surface area contributed by atoms with Gasteiger partial charge in [0.1, 0.15) is 5.69 Å². The molecule has 5 rings (SSSR count). The molecule has 3 atom stereocenters. The van der Waals surface area contributed by atoms with Crippen LogP contribution in [0.4, 0.5) is 0 Å². The van der Waals surface area contributed by atoms with Crippen LogP contribution in [0.5, 0.6) is 0 Å². The zero-order valence-electron chi connectivity index (χ0n) is 15.4. The van der Waals surface area contributed by atoms with Gasteiger partial charge in [0.15, 0.2) is 0 Å². The van der Waals surface area contributed by atoms with Gasteiger partial charge in [-0.25, -0.2) is 0 Å². The average molecular weight is 363 g/mol. The Balaban J connectivity index is 1.41. The molecule has 27 heavy (non-hydrogen) atoms. The molecule has 2 amide bonds. The Morgan fingerprint density at radius 3 is 2.44 bits per heavy atom. The van der Waals surface area contributed by atoms with E-state index in [0.717, 1.165) is 32.5 Å². The van der Waals surface area contributed by atoms with Crippen LogP contribution in [0.25, 0.3) is 0 Å². The van der Waals surface area contributed by atoms with Crippen LogP contribution < -0.4 is 0 Å². The molecule has 1 aliphatic carbocycles. The van der Waals surface area contributed by atoms with E-state index in [1.807, 2.05) is 35.2 Å². The number of amides is 2. The summed E-state index contributed by atoms with van der Waals surface area (Å²) in [5.41, 5.74) is 1.85. The van der Waals surface area contributed by atoms with Gasteiger partial charge in [0.2, 0.25) is 5.91 Å². The lowest BCUT2D eigenvalue weighted by Crippen LogP contribution is -2.41. The number of carbonyl (C=O) groups excluding carboxylic acids is 2. The minimum absolute atomic E-state index is 0.0677. The van der Waals surface area contributed by atoms with E-state index < -0.39 is 0 Å². The molecule has 2 aliphatic heterocycles. The van der Waals surface area contributed by atoms with E-state index in [2.05, 4.69) is 22.0 Å². The molecule has 1 aromatic carbocycles. The Bertz CT molecular complexity index is 829. The van der Waals surface area contributed by atoms with E-state index in [4.69, 9.17) is 0 Å². The molecule has 2 aromatic rings. The predicted octanol–water partition coefficient (Wildman–Crippen LogP) is 3.09. The number of carbonyl (C=O) groups is 2. The summed E-state index contributed by atoms with van der Waals surface area (Å²) in [5.74, 6) is 1.28. The zero-order chi connectivity index (χ0) is 18.4. The fourth-order valence-electron chi connectivity index (χ4n) is 5.04. The van der Waals surface area contributed by atoms with Crippen LogP contribution in [0.2, 0.25) is 0 Å². The van der Waals surface area contributed by atoms with Crippen LogP contribution in [0, 0.1) is 17.8 Å². The number of fused-ring (bicyclic) bond motifs is 1. The van der Waals surface area contributed by atoms with E-state index in [1.54, 1.807) is 6.20 Å². The van der Waals surface area contributed by atoms with E-state index in [0.29, 0.717) is 23.4 Å². The van der Waals surface area contributed by atoms with Crippen LogP contribution >= 0.6 is 0 Å². The number of benzene rings is 1. The molecule has 5 nitrogen and oxygen atoms in total. The van der Waals surface area contributed by atoms with Gasteiger partial charge in [-0.2, -0.15) is 0 Å². The van der Waals surface area contributed by atoms with Crippen molar-refractivity contribution < 1.29 is 9.59 Å². The molecule has 3 aliphatic rings. The fraction of sp³-hybridized carbons (Fsp3) is 0.455. The Morgan fingerprint density at radius 2 is 1.78 bits per heavy atom. The third-order valence-electron chi connectivity index (χ3n) is 6.66. The van der Waals surface area contributed by atoms with Gasteiger partial charge in [-0.15, -0.1) is 0 Å². The third kappa shape index (κ3) is 2.76. The Morgan fingerprint density at radius 1 is 0.963 bits per heavy atom. The summed E-state index contributed by atoms with van der Waals surface area (Å²) < 4.78 is 0. The number of aromatic amines is 1. The maximum atomic E-state index is 13.1. The van der Waals surface area contributed by atoms with Gasteiger partial charge < -0.3 is 14.8 Å². The SMILES string of the molecule is O=C(c1ccc[nH]1)N1C[C@H]2CN(C(=O)C3CCC3)[C@H](c3ccccc3)[C@H]2C1. The van der Waals surface area contributed by atoms with E-state index >= 15 is 0 Å². The van der Waals surface area contributed by atoms with Gasteiger partial charge in [-0.1, -0.05) is 36.8 Å². The summed E-state index contributed by atoms with van der Waals surface area (Å²) in [7, 11) is 0. The van der Waals surface area contributed by atoms with Crippen molar-refractivity contribution in [3.63, 3.8) is 0 Å². The highest BCUT2D eigenvalue weighted by atomic mass is 16.2. The number of rotatable bonds is 3. The first kappa shape index (κ1) is 16.6. The van der Waals surface area contributed by atoms with Gasteiger partial charge in [-0.3, -0.25) is 9.59 Å². The highest BCUT2D eigenvalue weighted by Crippen LogP contribution is 2.46. The zero-order valence-corrected chi connectivity index (χ0v) is 15.4. The normalized spacial score (nSPS) is 27.5. The molecule has 2 saturated heterocycles. The number of likely N-dealkylation sites (tertiary alicyclic amines) is 2. The molecule has 3 heterocycles. The maximum absolute atomic E-state index is 13.1. The molecule has 0 unspecified atom stereocenters. The number of nitrogens with zero attached hydrogens (tertiary/aromatic N) is 2. The van der Waals surface area contributed by atoms with Gasteiger partial charge >= 0.3 is 0 Å². The molecule has 0 bridgehead atoms. The van der Waals surface area contributed by atoms with E-state index in [1.165, 1.54) is 12.0 Å². The minimum Gasteiger partial charge on any atom is -0.357 e. The summed E-state index contributed by atoms with van der Waals surface area (Å²) in [6, 6.07) is 14.1. The van der Waals surface area contributed by atoms with Crippen molar-refractivity contribution >= 4 is 11.8 Å². The van der Waals surface area contributed by atoms with E-state index in [-0.39, 0.29) is 17.9 Å². The predicted molar refractivity (Wildman–Crippen MR) is 102 cm³/mol. The molecule has 3 fully saturated rings. The second kappa shape index (κ2) is 6.55. The van der Waals surface area contributed by atoms with Gasteiger partial charge in [0.05, 0.1) is 6.04 Å². The Kier molecular flexibility index (Phi) is 4.03. The Hall–Kier alpha value is -2.56. The van der Waals surface area contributed by atoms with Gasteiger partial charge in [0.25, 0.3) is 5.91 Å². The van der Waals surface area contributed by atoms with Crippen LogP contribution in [0.15, 0.2) is 48.7 Å². The summed E-state index contributed by atoms with van der Waals surface area (Å²) >= 11 is 0. The lowest BCUT2D eigenvalue weighted by molar-refractivity contribution is -0.139. The second-order valence-electron chi connectivity index (χ2n) is 8.19. The van der Waals surface area contributed by atoms with Crippen LogP contribution in [-0.2, 0) is 4.79 Å². The molecule has 1 aromatic heterocycles. The largest absolute Gasteiger partial charge is 0.357 e. The van der Waals surface area contributed by atoms with Gasteiger partial charge in [-0.05, 0) is 30.5 Å². The average Bonchev–Trinajstić information content (AvgIpc) is 3.36. The van der Waals surface area contributed by atoms with Crippen molar-refractivity contribution in [2.45, 2.75) is 25.3 Å². The Labute approximate surface area is 159 Å². The lowest BCUT2D eigenvalue weighted by Gasteiger charge is -2.35. The molecular formula is C22H25N3O2. The summed E-state index contributed by atoms with van der Waals surface area (Å²) in [6.45, 7) is 2.23. The summed E-state index contributed by atoms with van der Waals surface area (Å²) in [4.78, 5) is 33.0. The topological polar surface area (TPSA) is 56.4 Å². The number of nitrogens with one attached hydrogen (secondary N) is 1. The highest BCUT2D eigenvalue weighted by molar-refractivity contribution is 5.92. The summed E-state index contributed by atoms with van der Waals surface area (Å²) in [6.07, 6.45) is 5.02. The maximum Gasteiger partial charge on any atom is 0.270 e. The first-order chi connectivity index (χ1) is 13.2. The van der Waals surface area contributed by atoms with Gasteiger partial charge in [0, 0.05) is 43.6 Å². The van der Waals surface area contributed by atoms with Crippen molar-refractivity contribution in [2.24, 2.45) is 17.8 Å². The molecule has 0 radical (unpaired) electrons. The molecular weight excluding hydrogens is 338 g/mol. The van der Waals surface area contributed by atoms with Crippen LogP contribution in [0.3, 0.4) is 0 Å². The van der Waals surface area contributed by atoms with Crippen molar-refractivity contribution in [3.05, 3.63) is 59.9 Å². The fourth-order valence-corrected chi connectivity index (χ4v) is 5.04. The monoisotopic (exact) mass is 363 g/mol. The van der Waals surface area contributed by atoms with Crippen molar-refractivity contribution in [2.75, 3.05) is 19.6 Å². The smallest absolute Gasteiger partial charge is 0.270 e. The van der Waals surface area contributed by atoms with Crippen molar-refractivity contribution in [3.8, 4) is 0 Å². The molecule has 0 spiro atoms. The first-order valence-electron chi connectivity index (χ1n) is 10.0. The van der Waals surface area contributed by atoms with Crippen LogP contribution in [-0.4, -0.2) is 46.2 Å². The minimum atomic E-state index is 0.0677. The first-order valence-corrected chi connectivity index (χ1v) is 10.0. The second-order valence-corrected chi connectivity index (χ2v) is 8.19. The van der Waals surface area contributed by atoms with Crippen LogP contribution in [0.1, 0.15) is 41.4 Å². The number of aromatic nitrogens is 1. The molecule has 1 N–H and O–H groups in total. The lowest BCUT2D eigenvalue weighted by atomic mass is 9.83.